The molecule has 3 nitrogen and oxygen atoms in total. The molecule has 0 amide bonds. The quantitative estimate of drug-likeness (QED) is 0.843. The van der Waals surface area contributed by atoms with Gasteiger partial charge >= 0.3 is 0 Å². The average molecular weight is 265 g/mol. The van der Waals surface area contributed by atoms with E-state index in [4.69, 9.17) is 5.73 Å². The van der Waals surface area contributed by atoms with Crippen LogP contribution in [0.25, 0.3) is 0 Å². The molecule has 2 bridgehead atoms. The fraction of sp³-hybridized carbons (Fsp3) is 1.00. The fourth-order valence-corrected chi connectivity index (χ4v) is 4.99. The van der Waals surface area contributed by atoms with Gasteiger partial charge in [-0.1, -0.05) is 13.8 Å². The first-order valence-corrected chi connectivity index (χ1v) is 8.35. The largest absolute Gasteiger partial charge is 0.329 e. The summed E-state index contributed by atoms with van der Waals surface area (Å²) in [5.41, 5.74) is 7.23. The smallest absolute Gasteiger partial charge is 0.0384 e. The molecule has 0 aromatic heterocycles. The molecule has 3 heterocycles. The SMILES string of the molecule is CCC1(CC)CCN(C2(CN)CCN3CCC2C3)C1. The summed E-state index contributed by atoms with van der Waals surface area (Å²) in [6.45, 7) is 12.1. The van der Waals surface area contributed by atoms with E-state index in [1.54, 1.807) is 0 Å². The molecule has 3 aliphatic rings. The second-order valence-corrected chi connectivity index (χ2v) is 7.22. The van der Waals surface area contributed by atoms with Crippen molar-refractivity contribution in [2.45, 2.75) is 51.5 Å². The van der Waals surface area contributed by atoms with E-state index in [1.165, 1.54) is 64.8 Å². The highest BCUT2D eigenvalue weighted by Crippen LogP contribution is 2.46. The van der Waals surface area contributed by atoms with Crippen LogP contribution in [0.4, 0.5) is 0 Å². The predicted molar refractivity (Wildman–Crippen MR) is 80.2 cm³/mol. The van der Waals surface area contributed by atoms with Crippen molar-refractivity contribution in [2.24, 2.45) is 17.1 Å². The summed E-state index contributed by atoms with van der Waals surface area (Å²) >= 11 is 0. The number of piperidine rings is 1. The summed E-state index contributed by atoms with van der Waals surface area (Å²) in [4.78, 5) is 5.45. The maximum absolute atomic E-state index is 6.31. The molecule has 0 aromatic carbocycles. The normalized spacial score (nSPS) is 41.8. The summed E-state index contributed by atoms with van der Waals surface area (Å²) in [6, 6.07) is 0. The monoisotopic (exact) mass is 265 g/mol. The van der Waals surface area contributed by atoms with E-state index in [0.717, 1.165) is 12.5 Å². The average Bonchev–Trinajstić information content (AvgIpc) is 3.07. The summed E-state index contributed by atoms with van der Waals surface area (Å²) in [7, 11) is 0. The molecule has 0 saturated carbocycles. The van der Waals surface area contributed by atoms with Crippen LogP contribution in [0.5, 0.6) is 0 Å². The molecule has 3 fully saturated rings. The number of hydrogen-bond acceptors (Lipinski definition) is 3. The molecule has 0 aromatic rings. The molecule has 3 unspecified atom stereocenters. The highest BCUT2D eigenvalue weighted by molar-refractivity contribution is 5.08. The van der Waals surface area contributed by atoms with Gasteiger partial charge in [-0.3, -0.25) is 4.90 Å². The molecule has 2 N–H and O–H groups in total. The summed E-state index contributed by atoms with van der Waals surface area (Å²) in [5.74, 6) is 0.829. The Morgan fingerprint density at radius 1 is 1.11 bits per heavy atom. The maximum atomic E-state index is 6.31. The van der Waals surface area contributed by atoms with E-state index in [9.17, 15) is 0 Å². The first-order chi connectivity index (χ1) is 9.18. The molecule has 110 valence electrons. The lowest BCUT2D eigenvalue weighted by Crippen LogP contribution is -2.61. The van der Waals surface area contributed by atoms with Crippen molar-refractivity contribution in [1.82, 2.24) is 9.80 Å². The van der Waals surface area contributed by atoms with Gasteiger partial charge in [-0.25, -0.2) is 0 Å². The van der Waals surface area contributed by atoms with Crippen LogP contribution in [-0.4, -0.2) is 54.6 Å². The van der Waals surface area contributed by atoms with E-state index >= 15 is 0 Å². The minimum absolute atomic E-state index is 0.332. The van der Waals surface area contributed by atoms with E-state index in [2.05, 4.69) is 23.6 Å². The Balaban J connectivity index is 1.80. The molecular weight excluding hydrogens is 234 g/mol. The van der Waals surface area contributed by atoms with Gasteiger partial charge in [0.05, 0.1) is 0 Å². The third-order valence-electron chi connectivity index (χ3n) is 6.81. The van der Waals surface area contributed by atoms with Crippen LogP contribution >= 0.6 is 0 Å². The number of rotatable bonds is 4. The zero-order valence-corrected chi connectivity index (χ0v) is 12.8. The molecule has 0 spiro atoms. The molecule has 3 heteroatoms. The van der Waals surface area contributed by atoms with Crippen molar-refractivity contribution >= 4 is 0 Å². The zero-order valence-electron chi connectivity index (χ0n) is 12.8. The number of fused-ring (bicyclic) bond motifs is 2. The zero-order chi connectivity index (χ0) is 13.5. The van der Waals surface area contributed by atoms with Crippen molar-refractivity contribution in [1.29, 1.82) is 0 Å². The second-order valence-electron chi connectivity index (χ2n) is 7.22. The standard InChI is InChI=1S/C16H31N3/c1-3-15(4-2)6-10-19(13-15)16(12-17)7-9-18-8-5-14(16)11-18/h14H,3-13,17H2,1-2H3. The Hall–Kier alpha value is -0.120. The van der Waals surface area contributed by atoms with Gasteiger partial charge in [0.2, 0.25) is 0 Å². The molecule has 3 atom stereocenters. The van der Waals surface area contributed by atoms with E-state index in [-0.39, 0.29) is 0 Å². The van der Waals surface area contributed by atoms with Crippen LogP contribution in [0.2, 0.25) is 0 Å². The Bertz CT molecular complexity index is 326. The third kappa shape index (κ3) is 2.05. The predicted octanol–water partition coefficient (Wildman–Crippen LogP) is 1.92. The molecule has 3 rings (SSSR count). The number of hydrogen-bond donors (Lipinski definition) is 1. The minimum Gasteiger partial charge on any atom is -0.329 e. The van der Waals surface area contributed by atoms with Crippen molar-refractivity contribution < 1.29 is 0 Å². The van der Waals surface area contributed by atoms with Gasteiger partial charge in [-0.2, -0.15) is 0 Å². The Morgan fingerprint density at radius 2 is 1.89 bits per heavy atom. The highest BCUT2D eigenvalue weighted by atomic mass is 15.3. The Kier molecular flexibility index (Phi) is 3.65. The van der Waals surface area contributed by atoms with Gasteiger partial charge in [0, 0.05) is 25.2 Å². The van der Waals surface area contributed by atoms with Gasteiger partial charge in [0.25, 0.3) is 0 Å². The molecular formula is C16H31N3. The molecule has 3 saturated heterocycles. The summed E-state index contributed by atoms with van der Waals surface area (Å²) < 4.78 is 0. The summed E-state index contributed by atoms with van der Waals surface area (Å²) in [6.07, 6.45) is 6.73. The van der Waals surface area contributed by atoms with Gasteiger partial charge in [0.15, 0.2) is 0 Å². The van der Waals surface area contributed by atoms with Crippen molar-refractivity contribution in [2.75, 3.05) is 39.3 Å². The lowest BCUT2D eigenvalue weighted by molar-refractivity contribution is 0.0157. The lowest BCUT2D eigenvalue weighted by Gasteiger charge is -2.49. The second kappa shape index (κ2) is 5.01. The van der Waals surface area contributed by atoms with Crippen molar-refractivity contribution in [3.63, 3.8) is 0 Å². The third-order valence-corrected chi connectivity index (χ3v) is 6.81. The van der Waals surface area contributed by atoms with E-state index in [0.29, 0.717) is 11.0 Å². The highest BCUT2D eigenvalue weighted by Gasteiger charge is 2.52. The van der Waals surface area contributed by atoms with Crippen LogP contribution in [0.3, 0.4) is 0 Å². The van der Waals surface area contributed by atoms with Gasteiger partial charge < -0.3 is 10.6 Å². The van der Waals surface area contributed by atoms with Crippen LogP contribution in [0, 0.1) is 11.3 Å². The molecule has 0 aliphatic carbocycles. The Labute approximate surface area is 118 Å². The van der Waals surface area contributed by atoms with Crippen LogP contribution in [-0.2, 0) is 0 Å². The lowest BCUT2D eigenvalue weighted by atomic mass is 9.76. The van der Waals surface area contributed by atoms with Crippen LogP contribution in [0.1, 0.15) is 46.0 Å². The van der Waals surface area contributed by atoms with E-state index in [1.807, 2.05) is 0 Å². The molecule has 3 aliphatic heterocycles. The number of nitrogens with zero attached hydrogens (tertiary/aromatic N) is 2. The maximum Gasteiger partial charge on any atom is 0.0384 e. The number of nitrogens with two attached hydrogens (primary N) is 1. The minimum atomic E-state index is 0.332. The van der Waals surface area contributed by atoms with Gasteiger partial charge in [0.1, 0.15) is 0 Å². The van der Waals surface area contributed by atoms with Crippen molar-refractivity contribution in [3.8, 4) is 0 Å². The van der Waals surface area contributed by atoms with Gasteiger partial charge in [-0.05, 0) is 63.1 Å². The molecule has 19 heavy (non-hydrogen) atoms. The van der Waals surface area contributed by atoms with Crippen molar-refractivity contribution in [3.05, 3.63) is 0 Å². The summed E-state index contributed by atoms with van der Waals surface area (Å²) in [5, 5.41) is 0. The Morgan fingerprint density at radius 3 is 2.53 bits per heavy atom. The number of likely N-dealkylation sites (tertiary alicyclic amines) is 1. The van der Waals surface area contributed by atoms with E-state index < -0.39 is 0 Å². The van der Waals surface area contributed by atoms with Crippen LogP contribution < -0.4 is 5.73 Å². The van der Waals surface area contributed by atoms with Gasteiger partial charge in [-0.15, -0.1) is 0 Å². The molecule has 0 radical (unpaired) electrons. The topological polar surface area (TPSA) is 32.5 Å². The van der Waals surface area contributed by atoms with Crippen LogP contribution in [0.15, 0.2) is 0 Å². The first-order valence-electron chi connectivity index (χ1n) is 8.35. The fourth-order valence-electron chi connectivity index (χ4n) is 4.99. The first kappa shape index (κ1) is 13.8.